The average molecular weight is 221 g/mol. The van der Waals surface area contributed by atoms with Crippen LogP contribution in [0.3, 0.4) is 0 Å². The number of rotatable bonds is 1. The average Bonchev–Trinajstić information content (AvgIpc) is 2.49. The summed E-state index contributed by atoms with van der Waals surface area (Å²) in [6.45, 7) is 2.56. The minimum Gasteiger partial charge on any atom is -0.490 e. The molecule has 0 spiro atoms. The second-order valence-corrected chi connectivity index (χ2v) is 4.36. The Morgan fingerprint density at radius 2 is 1.81 bits per heavy atom. The Morgan fingerprint density at radius 3 is 2.50 bits per heavy atom. The molecule has 16 heavy (non-hydrogen) atoms. The van der Waals surface area contributed by atoms with Crippen LogP contribution in [0.2, 0.25) is 0 Å². The molecular formula is C12H15NO3. The molecule has 86 valence electrons. The molecule has 2 N–H and O–H groups in total. The number of fused-ring (bicyclic) bond motifs is 1. The molecule has 2 aliphatic heterocycles. The molecule has 1 aromatic rings. The molecule has 0 aromatic heterocycles. The van der Waals surface area contributed by atoms with Gasteiger partial charge in [0.05, 0.1) is 32.0 Å². The van der Waals surface area contributed by atoms with Crippen LogP contribution in [0.15, 0.2) is 18.2 Å². The van der Waals surface area contributed by atoms with E-state index in [0.29, 0.717) is 26.4 Å². The maximum atomic E-state index is 6.17. The zero-order valence-corrected chi connectivity index (χ0v) is 9.07. The molecular weight excluding hydrogens is 206 g/mol. The molecule has 0 atom stereocenters. The van der Waals surface area contributed by atoms with Crippen LogP contribution in [0, 0.1) is 0 Å². The van der Waals surface area contributed by atoms with Gasteiger partial charge >= 0.3 is 0 Å². The zero-order valence-electron chi connectivity index (χ0n) is 9.07. The highest BCUT2D eigenvalue weighted by Gasteiger charge is 2.36. The summed E-state index contributed by atoms with van der Waals surface area (Å²) >= 11 is 0. The number of nitrogens with two attached hydrogens (primary N) is 1. The molecule has 1 aromatic carbocycles. The van der Waals surface area contributed by atoms with E-state index < -0.39 is 0 Å². The van der Waals surface area contributed by atoms with Crippen LogP contribution in [0.25, 0.3) is 0 Å². The summed E-state index contributed by atoms with van der Waals surface area (Å²) in [6, 6.07) is 5.90. The van der Waals surface area contributed by atoms with Crippen LogP contribution in [0.1, 0.15) is 12.0 Å². The van der Waals surface area contributed by atoms with Gasteiger partial charge in [0.2, 0.25) is 0 Å². The standard InChI is InChI=1S/C12H15NO3/c13-12(7-14-8-12)9-2-3-10-11(6-9)16-5-1-4-15-10/h2-3,6H,1,4-5,7-8,13H2. The Labute approximate surface area is 94.3 Å². The van der Waals surface area contributed by atoms with Gasteiger partial charge in [0.25, 0.3) is 0 Å². The van der Waals surface area contributed by atoms with E-state index in [0.717, 1.165) is 23.5 Å². The van der Waals surface area contributed by atoms with Crippen molar-refractivity contribution in [2.24, 2.45) is 5.73 Å². The van der Waals surface area contributed by atoms with E-state index >= 15 is 0 Å². The van der Waals surface area contributed by atoms with Crippen molar-refractivity contribution in [3.05, 3.63) is 23.8 Å². The molecule has 0 aliphatic carbocycles. The van der Waals surface area contributed by atoms with Crippen molar-refractivity contribution in [3.8, 4) is 11.5 Å². The maximum absolute atomic E-state index is 6.17. The fourth-order valence-electron chi connectivity index (χ4n) is 1.96. The van der Waals surface area contributed by atoms with Gasteiger partial charge in [-0.2, -0.15) is 0 Å². The summed E-state index contributed by atoms with van der Waals surface area (Å²) in [7, 11) is 0. The number of hydrogen-bond donors (Lipinski definition) is 1. The van der Waals surface area contributed by atoms with Gasteiger partial charge in [0, 0.05) is 6.42 Å². The first-order chi connectivity index (χ1) is 7.78. The third-order valence-electron chi connectivity index (χ3n) is 3.04. The molecule has 2 aliphatic rings. The predicted molar refractivity (Wildman–Crippen MR) is 58.7 cm³/mol. The molecule has 1 saturated heterocycles. The molecule has 4 heteroatoms. The molecule has 3 rings (SSSR count). The van der Waals surface area contributed by atoms with Gasteiger partial charge in [-0.1, -0.05) is 6.07 Å². The second kappa shape index (κ2) is 3.64. The molecule has 0 amide bonds. The van der Waals surface area contributed by atoms with E-state index in [-0.39, 0.29) is 5.54 Å². The first-order valence-electron chi connectivity index (χ1n) is 5.55. The Hall–Kier alpha value is -1.26. The SMILES string of the molecule is NC1(c2ccc3c(c2)OCCCO3)COC1. The van der Waals surface area contributed by atoms with Gasteiger partial charge in [-0.25, -0.2) is 0 Å². The highest BCUT2D eigenvalue weighted by molar-refractivity contribution is 5.45. The van der Waals surface area contributed by atoms with Crippen molar-refractivity contribution in [1.82, 2.24) is 0 Å². The quantitative estimate of drug-likeness (QED) is 0.769. The molecule has 2 heterocycles. The van der Waals surface area contributed by atoms with Gasteiger partial charge < -0.3 is 19.9 Å². The van der Waals surface area contributed by atoms with Crippen molar-refractivity contribution in [3.63, 3.8) is 0 Å². The Bertz CT molecular complexity index is 401. The summed E-state index contributed by atoms with van der Waals surface area (Å²) in [4.78, 5) is 0. The van der Waals surface area contributed by atoms with E-state index in [1.807, 2.05) is 18.2 Å². The van der Waals surface area contributed by atoms with Crippen LogP contribution >= 0.6 is 0 Å². The van der Waals surface area contributed by atoms with Crippen molar-refractivity contribution >= 4 is 0 Å². The van der Waals surface area contributed by atoms with Crippen LogP contribution in [-0.2, 0) is 10.3 Å². The summed E-state index contributed by atoms with van der Waals surface area (Å²) < 4.78 is 16.4. The van der Waals surface area contributed by atoms with Gasteiger partial charge in [-0.15, -0.1) is 0 Å². The predicted octanol–water partition coefficient (Wildman–Crippen LogP) is 1.03. The van der Waals surface area contributed by atoms with Crippen LogP contribution in [0.5, 0.6) is 11.5 Å². The van der Waals surface area contributed by atoms with Crippen molar-refractivity contribution < 1.29 is 14.2 Å². The summed E-state index contributed by atoms with van der Waals surface area (Å²) in [5.74, 6) is 1.61. The number of hydrogen-bond acceptors (Lipinski definition) is 4. The highest BCUT2D eigenvalue weighted by atomic mass is 16.5. The van der Waals surface area contributed by atoms with Crippen molar-refractivity contribution in [2.45, 2.75) is 12.0 Å². The zero-order chi connectivity index (χ0) is 11.0. The number of ether oxygens (including phenoxy) is 3. The lowest BCUT2D eigenvalue weighted by Crippen LogP contribution is -2.54. The molecule has 4 nitrogen and oxygen atoms in total. The van der Waals surface area contributed by atoms with Gasteiger partial charge in [0.15, 0.2) is 11.5 Å². The smallest absolute Gasteiger partial charge is 0.161 e. The minimum atomic E-state index is -0.343. The largest absolute Gasteiger partial charge is 0.490 e. The lowest BCUT2D eigenvalue weighted by molar-refractivity contribution is -0.0570. The molecule has 0 bridgehead atoms. The van der Waals surface area contributed by atoms with Gasteiger partial charge in [-0.3, -0.25) is 0 Å². The van der Waals surface area contributed by atoms with Crippen LogP contribution < -0.4 is 15.2 Å². The van der Waals surface area contributed by atoms with Crippen molar-refractivity contribution in [1.29, 1.82) is 0 Å². The monoisotopic (exact) mass is 221 g/mol. The third kappa shape index (κ3) is 1.54. The fourth-order valence-corrected chi connectivity index (χ4v) is 1.96. The van der Waals surface area contributed by atoms with E-state index in [9.17, 15) is 0 Å². The van der Waals surface area contributed by atoms with Crippen LogP contribution in [0.4, 0.5) is 0 Å². The molecule has 0 unspecified atom stereocenters. The van der Waals surface area contributed by atoms with Gasteiger partial charge in [0.1, 0.15) is 0 Å². The summed E-state index contributed by atoms with van der Waals surface area (Å²) in [5.41, 5.74) is 6.89. The lowest BCUT2D eigenvalue weighted by Gasteiger charge is -2.38. The first-order valence-corrected chi connectivity index (χ1v) is 5.55. The van der Waals surface area contributed by atoms with Gasteiger partial charge in [-0.05, 0) is 17.7 Å². The lowest BCUT2D eigenvalue weighted by atomic mass is 9.89. The molecule has 1 fully saturated rings. The third-order valence-corrected chi connectivity index (χ3v) is 3.04. The maximum Gasteiger partial charge on any atom is 0.161 e. The molecule has 0 radical (unpaired) electrons. The van der Waals surface area contributed by atoms with E-state index in [4.69, 9.17) is 19.9 Å². The highest BCUT2D eigenvalue weighted by Crippen LogP contribution is 2.35. The minimum absolute atomic E-state index is 0.343. The van der Waals surface area contributed by atoms with Crippen molar-refractivity contribution in [2.75, 3.05) is 26.4 Å². The van der Waals surface area contributed by atoms with Crippen LogP contribution in [-0.4, -0.2) is 26.4 Å². The Kier molecular flexibility index (Phi) is 2.26. The topological polar surface area (TPSA) is 53.7 Å². The van der Waals surface area contributed by atoms with E-state index in [2.05, 4.69) is 0 Å². The Balaban J connectivity index is 1.94. The first kappa shape index (κ1) is 9.93. The Morgan fingerprint density at radius 1 is 1.06 bits per heavy atom. The van der Waals surface area contributed by atoms with E-state index in [1.165, 1.54) is 0 Å². The normalized spacial score (nSPS) is 22.1. The second-order valence-electron chi connectivity index (χ2n) is 4.36. The summed E-state index contributed by atoms with van der Waals surface area (Å²) in [6.07, 6.45) is 0.918. The van der Waals surface area contributed by atoms with E-state index in [1.54, 1.807) is 0 Å². The number of benzene rings is 1. The molecule has 0 saturated carbocycles. The fraction of sp³-hybridized carbons (Fsp3) is 0.500. The summed E-state index contributed by atoms with van der Waals surface area (Å²) in [5, 5.41) is 0.